The van der Waals surface area contributed by atoms with Crippen LogP contribution in [0.5, 0.6) is 5.75 Å². The lowest BCUT2D eigenvalue weighted by Gasteiger charge is -2.62. The van der Waals surface area contributed by atoms with Gasteiger partial charge in [-0.2, -0.15) is 0 Å². The number of epoxide rings is 1. The van der Waals surface area contributed by atoms with E-state index in [-0.39, 0.29) is 23.0 Å². The van der Waals surface area contributed by atoms with E-state index in [1.54, 1.807) is 5.56 Å². The molecule has 13 aliphatic rings. The van der Waals surface area contributed by atoms with E-state index in [0.717, 1.165) is 59.9 Å². The summed E-state index contributed by atoms with van der Waals surface area (Å²) in [5.41, 5.74) is 6.79. The highest BCUT2D eigenvalue weighted by Gasteiger charge is 2.60. The van der Waals surface area contributed by atoms with Gasteiger partial charge in [0.25, 0.3) is 0 Å². The Morgan fingerprint density at radius 2 is 0.918 bits per heavy atom. The molecule has 12 bridgehead atoms. The monoisotopic (exact) mass is 665 g/mol. The maximum Gasteiger partial charge on any atom is 0.132 e. The van der Waals surface area contributed by atoms with E-state index in [1.807, 2.05) is 11.1 Å². The first-order valence-electron chi connectivity index (χ1n) is 21.8. The zero-order valence-corrected chi connectivity index (χ0v) is 32.0. The van der Waals surface area contributed by atoms with Gasteiger partial charge in [0.05, 0.1) is 6.61 Å². The van der Waals surface area contributed by atoms with E-state index in [1.165, 1.54) is 128 Å². The van der Waals surface area contributed by atoms with Crippen molar-refractivity contribution in [1.82, 2.24) is 0 Å². The molecule has 14 rings (SSSR count). The van der Waals surface area contributed by atoms with Gasteiger partial charge < -0.3 is 9.47 Å². The molecule has 12 aliphatic carbocycles. The van der Waals surface area contributed by atoms with Crippen LogP contribution in [0.2, 0.25) is 0 Å². The quantitative estimate of drug-likeness (QED) is 0.258. The van der Waals surface area contributed by atoms with Gasteiger partial charge in [0.15, 0.2) is 0 Å². The Morgan fingerprint density at radius 1 is 0.571 bits per heavy atom. The van der Waals surface area contributed by atoms with Crippen LogP contribution in [0.1, 0.15) is 173 Å². The van der Waals surface area contributed by atoms with Gasteiger partial charge in [0.2, 0.25) is 0 Å². The van der Waals surface area contributed by atoms with E-state index < -0.39 is 0 Å². The Labute approximate surface area is 299 Å². The van der Waals surface area contributed by atoms with Crippen LogP contribution in [0.4, 0.5) is 0 Å². The Morgan fingerprint density at radius 3 is 1.29 bits per heavy atom. The van der Waals surface area contributed by atoms with Crippen LogP contribution in [0.3, 0.4) is 0 Å². The highest BCUT2D eigenvalue weighted by Crippen LogP contribution is 2.69. The summed E-state index contributed by atoms with van der Waals surface area (Å²) >= 11 is 0. The topological polar surface area (TPSA) is 21.8 Å². The largest absolute Gasteiger partial charge is 0.486 e. The van der Waals surface area contributed by atoms with Crippen molar-refractivity contribution in [2.75, 3.05) is 6.61 Å². The summed E-state index contributed by atoms with van der Waals surface area (Å²) in [7, 11) is 0. The lowest BCUT2D eigenvalue weighted by molar-refractivity contribution is -0.0256. The van der Waals surface area contributed by atoms with E-state index in [0.29, 0.717) is 16.2 Å². The number of hydrogen-bond acceptors (Lipinski definition) is 2. The van der Waals surface area contributed by atoms with Crippen molar-refractivity contribution >= 4 is 0 Å². The van der Waals surface area contributed by atoms with Crippen LogP contribution >= 0.6 is 0 Å². The van der Waals surface area contributed by atoms with Crippen molar-refractivity contribution in [2.45, 2.75) is 185 Å². The van der Waals surface area contributed by atoms with E-state index >= 15 is 0 Å². The molecule has 2 unspecified atom stereocenters. The van der Waals surface area contributed by atoms with Crippen molar-refractivity contribution in [3.8, 4) is 5.75 Å². The summed E-state index contributed by atoms with van der Waals surface area (Å²) in [5.74, 6) is 10.1. The average molecular weight is 665 g/mol. The maximum absolute atomic E-state index is 8.17. The molecule has 12 saturated carbocycles. The molecule has 49 heavy (non-hydrogen) atoms. The molecule has 0 N–H and O–H groups in total. The molecule has 2 atom stereocenters. The smallest absolute Gasteiger partial charge is 0.132 e. The van der Waals surface area contributed by atoms with Gasteiger partial charge in [0.1, 0.15) is 18.0 Å². The van der Waals surface area contributed by atoms with E-state index in [2.05, 4.69) is 46.8 Å². The van der Waals surface area contributed by atoms with Crippen molar-refractivity contribution in [3.05, 3.63) is 28.8 Å². The van der Waals surface area contributed by atoms with Crippen LogP contribution in [0.25, 0.3) is 0 Å². The first-order valence-corrected chi connectivity index (χ1v) is 21.8. The summed E-state index contributed by atoms with van der Waals surface area (Å²) < 4.78 is 14.5. The Bertz CT molecular complexity index is 1390. The maximum atomic E-state index is 8.17. The fourth-order valence-corrected chi connectivity index (χ4v) is 18.0. The molecule has 0 spiro atoms. The van der Waals surface area contributed by atoms with E-state index in [9.17, 15) is 0 Å². The molecule has 1 aromatic rings. The minimum atomic E-state index is 0.0492. The minimum absolute atomic E-state index is 0.0492. The first-order chi connectivity index (χ1) is 23.3. The molecular weight excluding hydrogens is 597 g/mol. The fraction of sp³-hybridized carbons (Fsp3) is 0.872. The molecule has 0 aromatic heterocycles. The molecule has 1 aliphatic heterocycles. The number of benzene rings is 1. The van der Waals surface area contributed by atoms with Crippen molar-refractivity contribution in [1.29, 1.82) is 0 Å². The van der Waals surface area contributed by atoms with Gasteiger partial charge in [0, 0.05) is 22.0 Å². The molecule has 13 fully saturated rings. The number of hydrogen-bond donors (Lipinski definition) is 0. The second kappa shape index (κ2) is 10.3. The zero-order valence-electron chi connectivity index (χ0n) is 32.0. The van der Waals surface area contributed by atoms with Crippen molar-refractivity contribution in [3.63, 3.8) is 0 Å². The standard InChI is InChI=1S/C47H68O2/c1-43(2,3)27-44(4,5)42(39-26-48-39)49-41-38(46-20-31-11-32(21-46)13-33(12-31)22-46)7-6-37(45-17-28-8-29(18-45)10-30(9-28)19-45)40(41)47-23-34-14-35(24-47)16-36(15-34)25-47/h6-7,28-36,39,42H,8-27H2,1-5H3. The Hall–Kier alpha value is -1.02. The highest BCUT2D eigenvalue weighted by molar-refractivity contribution is 5.58. The molecule has 1 heterocycles. The molecule has 1 aromatic carbocycles. The Kier molecular flexibility index (Phi) is 6.65. The van der Waals surface area contributed by atoms with Crippen molar-refractivity contribution in [2.24, 2.45) is 64.1 Å². The molecule has 2 nitrogen and oxygen atoms in total. The fourth-order valence-electron chi connectivity index (χ4n) is 18.0. The third kappa shape index (κ3) is 4.99. The lowest BCUT2D eigenvalue weighted by Crippen LogP contribution is -2.53. The molecule has 2 heteroatoms. The van der Waals surface area contributed by atoms with Crippen LogP contribution in [-0.4, -0.2) is 18.8 Å². The lowest BCUT2D eigenvalue weighted by atomic mass is 9.43. The van der Waals surface area contributed by atoms with Crippen LogP contribution in [0, 0.1) is 64.1 Å². The summed E-state index contributed by atoms with van der Waals surface area (Å²) in [5, 5.41) is 0. The second-order valence-electron chi connectivity index (χ2n) is 23.6. The van der Waals surface area contributed by atoms with Gasteiger partial charge in [-0.1, -0.05) is 46.8 Å². The molecule has 268 valence electrons. The molecule has 0 radical (unpaired) electrons. The summed E-state index contributed by atoms with van der Waals surface area (Å²) in [6.07, 6.45) is 28.3. The van der Waals surface area contributed by atoms with Gasteiger partial charge in [-0.05, 0) is 197 Å². The first kappa shape index (κ1) is 31.5. The third-order valence-electron chi connectivity index (χ3n) is 17.6. The summed E-state index contributed by atoms with van der Waals surface area (Å²) in [6.45, 7) is 13.3. The molecule has 0 amide bonds. The molecular formula is C47H68O2. The van der Waals surface area contributed by atoms with E-state index in [4.69, 9.17) is 9.47 Å². The van der Waals surface area contributed by atoms with Crippen LogP contribution in [-0.2, 0) is 21.0 Å². The van der Waals surface area contributed by atoms with Crippen LogP contribution < -0.4 is 4.74 Å². The summed E-state index contributed by atoms with van der Waals surface area (Å²) in [4.78, 5) is 0. The number of rotatable bonds is 8. The Balaban J connectivity index is 1.14. The van der Waals surface area contributed by atoms with Gasteiger partial charge in [-0.15, -0.1) is 0 Å². The highest BCUT2D eigenvalue weighted by atomic mass is 16.6. The van der Waals surface area contributed by atoms with Crippen molar-refractivity contribution < 1.29 is 9.47 Å². The van der Waals surface area contributed by atoms with Gasteiger partial charge >= 0.3 is 0 Å². The van der Waals surface area contributed by atoms with Crippen LogP contribution in [0.15, 0.2) is 12.1 Å². The minimum Gasteiger partial charge on any atom is -0.486 e. The van der Waals surface area contributed by atoms with Gasteiger partial charge in [-0.3, -0.25) is 0 Å². The second-order valence-corrected chi connectivity index (χ2v) is 23.6. The SMILES string of the molecule is CC(C)(C)CC(C)(C)C(Oc1c(C23CC4CC(CC(C4)C2)C3)ccc(C23CC4CC(CC(C4)C2)C3)c1C12CC3CC(CC(C3)C1)C2)C1CO1. The average Bonchev–Trinajstić information content (AvgIpc) is 3.81. The predicted molar refractivity (Wildman–Crippen MR) is 198 cm³/mol. The van der Waals surface area contributed by atoms with Gasteiger partial charge in [-0.25, -0.2) is 0 Å². The predicted octanol–water partition coefficient (Wildman–Crippen LogP) is 11.7. The summed E-state index contributed by atoms with van der Waals surface area (Å²) in [6, 6.07) is 5.63. The zero-order chi connectivity index (χ0) is 33.1. The third-order valence-corrected chi connectivity index (χ3v) is 17.6. The molecule has 1 saturated heterocycles. The number of ether oxygens (including phenoxy) is 2. The normalized spacial score (nSPS) is 49.2.